The van der Waals surface area contributed by atoms with Gasteiger partial charge < -0.3 is 9.84 Å². The summed E-state index contributed by atoms with van der Waals surface area (Å²) in [7, 11) is 0. The van der Waals surface area contributed by atoms with Crippen LogP contribution in [-0.2, 0) is 4.79 Å². The number of aliphatic carboxylic acids is 1. The van der Waals surface area contributed by atoms with E-state index >= 15 is 0 Å². The zero-order valence-corrected chi connectivity index (χ0v) is 13.5. The van der Waals surface area contributed by atoms with Crippen molar-refractivity contribution in [3.8, 4) is 5.75 Å². The Kier molecular flexibility index (Phi) is 3.98. The Labute approximate surface area is 136 Å². The van der Waals surface area contributed by atoms with Crippen molar-refractivity contribution in [3.05, 3.63) is 58.1 Å². The van der Waals surface area contributed by atoms with Crippen molar-refractivity contribution < 1.29 is 14.6 Å². The summed E-state index contributed by atoms with van der Waals surface area (Å²) in [4.78, 5) is 15.7. The lowest BCUT2D eigenvalue weighted by Gasteiger charge is -2.18. The quantitative estimate of drug-likeness (QED) is 0.895. The van der Waals surface area contributed by atoms with Gasteiger partial charge in [-0.2, -0.15) is 0 Å². The van der Waals surface area contributed by atoms with Gasteiger partial charge in [-0.05, 0) is 42.3 Å². The highest BCUT2D eigenvalue weighted by atomic mass is 79.9. The van der Waals surface area contributed by atoms with E-state index in [1.54, 1.807) is 25.1 Å². The van der Waals surface area contributed by atoms with Gasteiger partial charge in [0.15, 0.2) is 0 Å². The molecule has 0 fully saturated rings. The lowest BCUT2D eigenvalue weighted by molar-refractivity contribution is -0.138. The molecule has 2 aromatic carbocycles. The number of halogens is 1. The molecule has 0 radical (unpaired) electrons. The Morgan fingerprint density at radius 1 is 1.27 bits per heavy atom. The Balaban J connectivity index is 1.98. The molecule has 112 valence electrons. The van der Waals surface area contributed by atoms with Gasteiger partial charge in [0.2, 0.25) is 0 Å². The van der Waals surface area contributed by atoms with E-state index in [2.05, 4.69) is 20.9 Å². The standard InChI is InChI=1S/C17H14BrNO3/c1-10(17(20)21)12-4-7-16-14(8-12)19-15(9-22-16)11-2-5-13(18)6-3-11/h2-8,10H,9H2,1H3,(H,20,21)/t10-/m0/s1. The molecular weight excluding hydrogens is 346 g/mol. The number of hydrogen-bond donors (Lipinski definition) is 1. The van der Waals surface area contributed by atoms with Gasteiger partial charge in [0.1, 0.15) is 18.0 Å². The summed E-state index contributed by atoms with van der Waals surface area (Å²) in [5.41, 5.74) is 3.22. The molecule has 0 aromatic heterocycles. The molecule has 3 rings (SSSR count). The number of carboxylic acids is 1. The topological polar surface area (TPSA) is 58.9 Å². The maximum Gasteiger partial charge on any atom is 0.310 e. The summed E-state index contributed by atoms with van der Waals surface area (Å²) in [6, 6.07) is 13.2. The molecule has 22 heavy (non-hydrogen) atoms. The van der Waals surface area contributed by atoms with E-state index in [4.69, 9.17) is 9.84 Å². The number of carboxylic acid groups (broad SMARTS) is 1. The number of benzene rings is 2. The van der Waals surface area contributed by atoms with Crippen LogP contribution in [0.2, 0.25) is 0 Å². The average molecular weight is 360 g/mol. The van der Waals surface area contributed by atoms with E-state index < -0.39 is 11.9 Å². The van der Waals surface area contributed by atoms with E-state index in [0.29, 0.717) is 18.0 Å². The fraction of sp³-hybridized carbons (Fsp3) is 0.176. The summed E-state index contributed by atoms with van der Waals surface area (Å²) in [5, 5.41) is 9.12. The Morgan fingerprint density at radius 3 is 2.68 bits per heavy atom. The molecule has 1 N–H and O–H groups in total. The van der Waals surface area contributed by atoms with Crippen LogP contribution in [-0.4, -0.2) is 23.4 Å². The van der Waals surface area contributed by atoms with Crippen LogP contribution in [0.5, 0.6) is 5.75 Å². The van der Waals surface area contributed by atoms with Gasteiger partial charge in [-0.3, -0.25) is 4.79 Å². The summed E-state index contributed by atoms with van der Waals surface area (Å²) < 4.78 is 6.73. The van der Waals surface area contributed by atoms with Gasteiger partial charge in [0.25, 0.3) is 0 Å². The van der Waals surface area contributed by atoms with Crippen molar-refractivity contribution >= 4 is 33.3 Å². The lowest BCUT2D eigenvalue weighted by Crippen LogP contribution is -2.16. The zero-order chi connectivity index (χ0) is 15.7. The fourth-order valence-corrected chi connectivity index (χ4v) is 2.53. The van der Waals surface area contributed by atoms with Gasteiger partial charge >= 0.3 is 5.97 Å². The highest BCUT2D eigenvalue weighted by molar-refractivity contribution is 9.10. The van der Waals surface area contributed by atoms with Crippen LogP contribution in [0.1, 0.15) is 24.0 Å². The summed E-state index contributed by atoms with van der Waals surface area (Å²) in [5.74, 6) is -0.741. The van der Waals surface area contributed by atoms with Gasteiger partial charge in [0, 0.05) is 4.47 Å². The molecule has 0 saturated heterocycles. The number of ether oxygens (including phenoxy) is 1. The zero-order valence-electron chi connectivity index (χ0n) is 11.9. The second kappa shape index (κ2) is 5.93. The van der Waals surface area contributed by atoms with Crippen LogP contribution in [0.15, 0.2) is 51.9 Å². The maximum atomic E-state index is 11.1. The predicted molar refractivity (Wildman–Crippen MR) is 88.3 cm³/mol. The third kappa shape index (κ3) is 2.90. The highest BCUT2D eigenvalue weighted by Crippen LogP contribution is 2.34. The smallest absolute Gasteiger partial charge is 0.310 e. The number of aliphatic imine (C=N–C) groups is 1. The van der Waals surface area contributed by atoms with Crippen LogP contribution in [0.3, 0.4) is 0 Å². The van der Waals surface area contributed by atoms with E-state index in [9.17, 15) is 4.79 Å². The molecule has 0 bridgehead atoms. The lowest BCUT2D eigenvalue weighted by atomic mass is 10.00. The predicted octanol–water partition coefficient (Wildman–Crippen LogP) is 4.15. The van der Waals surface area contributed by atoms with Crippen molar-refractivity contribution in [3.63, 3.8) is 0 Å². The van der Waals surface area contributed by atoms with Crippen molar-refractivity contribution in [2.45, 2.75) is 12.8 Å². The number of rotatable bonds is 3. The molecule has 4 nitrogen and oxygen atoms in total. The molecule has 0 spiro atoms. The van der Waals surface area contributed by atoms with E-state index in [1.165, 1.54) is 0 Å². The molecule has 0 amide bonds. The normalized spacial score (nSPS) is 14.5. The van der Waals surface area contributed by atoms with E-state index in [-0.39, 0.29) is 0 Å². The second-order valence-electron chi connectivity index (χ2n) is 5.14. The first-order valence-corrected chi connectivity index (χ1v) is 7.67. The van der Waals surface area contributed by atoms with E-state index in [0.717, 1.165) is 21.3 Å². The molecule has 1 heterocycles. The Morgan fingerprint density at radius 2 is 2.00 bits per heavy atom. The van der Waals surface area contributed by atoms with Crippen molar-refractivity contribution in [1.29, 1.82) is 0 Å². The third-order valence-electron chi connectivity index (χ3n) is 3.65. The summed E-state index contributed by atoms with van der Waals surface area (Å²) >= 11 is 3.41. The van der Waals surface area contributed by atoms with Crippen LogP contribution in [0, 0.1) is 0 Å². The SMILES string of the molecule is C[C@H](C(=O)O)c1ccc2c(c1)N=C(c1ccc(Br)cc1)CO2. The molecule has 5 heteroatoms. The summed E-state index contributed by atoms with van der Waals surface area (Å²) in [6.07, 6.45) is 0. The largest absolute Gasteiger partial charge is 0.485 e. The molecule has 1 aliphatic heterocycles. The van der Waals surface area contributed by atoms with Crippen molar-refractivity contribution in [1.82, 2.24) is 0 Å². The minimum absolute atomic E-state index is 0.405. The first kappa shape index (κ1) is 14.8. The number of hydrogen-bond acceptors (Lipinski definition) is 3. The molecule has 0 aliphatic carbocycles. The summed E-state index contributed by atoms with van der Waals surface area (Å²) in [6.45, 7) is 2.07. The molecule has 1 aliphatic rings. The molecular formula is C17H14BrNO3. The third-order valence-corrected chi connectivity index (χ3v) is 4.18. The molecule has 0 saturated carbocycles. The maximum absolute atomic E-state index is 11.1. The van der Waals surface area contributed by atoms with Crippen LogP contribution >= 0.6 is 15.9 Å². The van der Waals surface area contributed by atoms with E-state index in [1.807, 2.05) is 24.3 Å². The van der Waals surface area contributed by atoms with Crippen molar-refractivity contribution in [2.75, 3.05) is 6.61 Å². The minimum atomic E-state index is -0.853. The van der Waals surface area contributed by atoms with Crippen LogP contribution < -0.4 is 4.74 Å². The van der Waals surface area contributed by atoms with Gasteiger partial charge in [0.05, 0.1) is 11.6 Å². The second-order valence-corrected chi connectivity index (χ2v) is 6.06. The monoisotopic (exact) mass is 359 g/mol. The van der Waals surface area contributed by atoms with Crippen LogP contribution in [0.4, 0.5) is 5.69 Å². The highest BCUT2D eigenvalue weighted by Gasteiger charge is 2.19. The Hall–Kier alpha value is -2.14. The van der Waals surface area contributed by atoms with Gasteiger partial charge in [-0.1, -0.05) is 34.1 Å². The minimum Gasteiger partial charge on any atom is -0.485 e. The van der Waals surface area contributed by atoms with Crippen LogP contribution in [0.25, 0.3) is 0 Å². The number of nitrogens with zero attached hydrogens (tertiary/aromatic N) is 1. The first-order valence-electron chi connectivity index (χ1n) is 6.87. The van der Waals surface area contributed by atoms with Gasteiger partial charge in [-0.25, -0.2) is 4.99 Å². The first-order chi connectivity index (χ1) is 10.5. The van der Waals surface area contributed by atoms with Crippen molar-refractivity contribution in [2.24, 2.45) is 4.99 Å². The molecule has 0 unspecified atom stereocenters. The molecule has 1 atom stereocenters. The average Bonchev–Trinajstić information content (AvgIpc) is 2.53. The number of carbonyl (C=O) groups is 1. The fourth-order valence-electron chi connectivity index (χ4n) is 2.27. The van der Waals surface area contributed by atoms with Gasteiger partial charge in [-0.15, -0.1) is 0 Å². The molecule has 2 aromatic rings. The Bertz CT molecular complexity index is 753. The number of fused-ring (bicyclic) bond motifs is 1.